The number of rotatable bonds is 5. The van der Waals surface area contributed by atoms with Gasteiger partial charge in [0.15, 0.2) is 0 Å². The maximum absolute atomic E-state index is 12.1. The van der Waals surface area contributed by atoms with Gasteiger partial charge in [-0.3, -0.25) is 15.4 Å². The zero-order chi connectivity index (χ0) is 14.6. The van der Waals surface area contributed by atoms with Crippen LogP contribution in [0.25, 0.3) is 0 Å². The first-order valence-electron chi connectivity index (χ1n) is 5.93. The quantitative estimate of drug-likeness (QED) is 0.459. The third kappa shape index (κ3) is 3.69. The molecule has 6 N–H and O–H groups in total. The van der Waals surface area contributed by atoms with E-state index in [4.69, 9.17) is 11.6 Å². The van der Waals surface area contributed by atoms with Crippen molar-refractivity contribution in [2.45, 2.75) is 20.8 Å². The van der Waals surface area contributed by atoms with Crippen LogP contribution in [-0.4, -0.2) is 18.4 Å². The minimum Gasteiger partial charge on any atom is -0.369 e. The highest BCUT2D eigenvalue weighted by Crippen LogP contribution is 2.17. The molecular weight excluding hydrogens is 244 g/mol. The van der Waals surface area contributed by atoms with Crippen molar-refractivity contribution in [3.05, 3.63) is 29.3 Å². The van der Waals surface area contributed by atoms with Crippen molar-refractivity contribution in [1.29, 1.82) is 0 Å². The standard InChI is InChI=1S/C13H20N4O2/c1-8-4-5-10(17-15)9(6-8)11(18)16-7-13(2,3)12(14)19/h4-6,17H,7,15H2,1-3H3,(H2,14,19)(H,16,18). The zero-order valence-corrected chi connectivity index (χ0v) is 11.4. The molecular formula is C13H20N4O2. The molecule has 0 heterocycles. The molecule has 2 amide bonds. The number of carbonyl (C=O) groups is 2. The van der Waals surface area contributed by atoms with E-state index in [2.05, 4.69) is 10.7 Å². The number of amides is 2. The summed E-state index contributed by atoms with van der Waals surface area (Å²) in [6.07, 6.45) is 0. The van der Waals surface area contributed by atoms with E-state index >= 15 is 0 Å². The van der Waals surface area contributed by atoms with Crippen LogP contribution in [0.4, 0.5) is 5.69 Å². The molecule has 0 bridgehead atoms. The molecule has 6 nitrogen and oxygen atoms in total. The fourth-order valence-corrected chi connectivity index (χ4v) is 1.46. The Morgan fingerprint density at radius 1 is 1.32 bits per heavy atom. The Morgan fingerprint density at radius 2 is 1.95 bits per heavy atom. The maximum atomic E-state index is 12.1. The summed E-state index contributed by atoms with van der Waals surface area (Å²) >= 11 is 0. The predicted molar refractivity (Wildman–Crippen MR) is 74.3 cm³/mol. The Morgan fingerprint density at radius 3 is 2.47 bits per heavy atom. The van der Waals surface area contributed by atoms with E-state index in [-0.39, 0.29) is 12.5 Å². The van der Waals surface area contributed by atoms with E-state index in [1.54, 1.807) is 26.0 Å². The number of nitrogens with one attached hydrogen (secondary N) is 2. The first kappa shape index (κ1) is 15.0. The number of nitrogen functional groups attached to an aromatic ring is 1. The number of benzene rings is 1. The summed E-state index contributed by atoms with van der Waals surface area (Å²) in [5, 5.41) is 2.69. The first-order chi connectivity index (χ1) is 8.77. The van der Waals surface area contributed by atoms with Crippen molar-refractivity contribution < 1.29 is 9.59 Å². The summed E-state index contributed by atoms with van der Waals surface area (Å²) in [5.41, 5.74) is 8.83. The van der Waals surface area contributed by atoms with Crippen LogP contribution in [0.15, 0.2) is 18.2 Å². The van der Waals surface area contributed by atoms with E-state index in [1.807, 2.05) is 13.0 Å². The van der Waals surface area contributed by atoms with Crippen molar-refractivity contribution >= 4 is 17.5 Å². The van der Waals surface area contributed by atoms with Crippen LogP contribution in [0, 0.1) is 12.3 Å². The second kappa shape index (κ2) is 5.71. The smallest absolute Gasteiger partial charge is 0.253 e. The fourth-order valence-electron chi connectivity index (χ4n) is 1.46. The second-order valence-electron chi connectivity index (χ2n) is 5.12. The van der Waals surface area contributed by atoms with E-state index in [0.29, 0.717) is 11.3 Å². The summed E-state index contributed by atoms with van der Waals surface area (Å²) in [4.78, 5) is 23.3. The van der Waals surface area contributed by atoms with Gasteiger partial charge >= 0.3 is 0 Å². The Labute approximate surface area is 112 Å². The summed E-state index contributed by atoms with van der Waals surface area (Å²) in [6.45, 7) is 5.39. The molecule has 0 radical (unpaired) electrons. The van der Waals surface area contributed by atoms with Crippen LogP contribution in [0.3, 0.4) is 0 Å². The number of hydrogen-bond acceptors (Lipinski definition) is 4. The number of nitrogens with two attached hydrogens (primary N) is 2. The molecule has 0 aromatic heterocycles. The number of carbonyl (C=O) groups excluding carboxylic acids is 2. The number of aryl methyl sites for hydroxylation is 1. The highest BCUT2D eigenvalue weighted by Gasteiger charge is 2.26. The van der Waals surface area contributed by atoms with Crippen molar-refractivity contribution in [1.82, 2.24) is 5.32 Å². The van der Waals surface area contributed by atoms with Gasteiger partial charge in [-0.1, -0.05) is 11.6 Å². The molecule has 1 aromatic rings. The second-order valence-corrected chi connectivity index (χ2v) is 5.12. The van der Waals surface area contributed by atoms with Gasteiger partial charge in [-0.15, -0.1) is 0 Å². The maximum Gasteiger partial charge on any atom is 0.253 e. The lowest BCUT2D eigenvalue weighted by Gasteiger charge is -2.21. The highest BCUT2D eigenvalue weighted by molar-refractivity contribution is 6.00. The van der Waals surface area contributed by atoms with Gasteiger partial charge in [0.05, 0.1) is 16.7 Å². The lowest BCUT2D eigenvalue weighted by atomic mass is 9.92. The molecule has 0 saturated carbocycles. The third-order valence-corrected chi connectivity index (χ3v) is 2.93. The Bertz CT molecular complexity index is 497. The summed E-state index contributed by atoms with van der Waals surface area (Å²) in [7, 11) is 0. The molecule has 19 heavy (non-hydrogen) atoms. The number of anilines is 1. The molecule has 0 aliphatic carbocycles. The molecule has 104 valence electrons. The minimum absolute atomic E-state index is 0.166. The monoisotopic (exact) mass is 264 g/mol. The van der Waals surface area contributed by atoms with Crippen LogP contribution >= 0.6 is 0 Å². The van der Waals surface area contributed by atoms with E-state index < -0.39 is 11.3 Å². The number of primary amides is 1. The summed E-state index contributed by atoms with van der Waals surface area (Å²) in [6, 6.07) is 5.30. The van der Waals surface area contributed by atoms with Gasteiger partial charge < -0.3 is 16.5 Å². The largest absolute Gasteiger partial charge is 0.369 e. The molecule has 0 spiro atoms. The molecule has 0 aliphatic heterocycles. The van der Waals surface area contributed by atoms with Crippen LogP contribution in [0.2, 0.25) is 0 Å². The van der Waals surface area contributed by atoms with Crippen molar-refractivity contribution in [2.75, 3.05) is 12.0 Å². The van der Waals surface area contributed by atoms with Gasteiger partial charge in [0.25, 0.3) is 5.91 Å². The topological polar surface area (TPSA) is 110 Å². The fraction of sp³-hybridized carbons (Fsp3) is 0.385. The first-order valence-corrected chi connectivity index (χ1v) is 5.93. The van der Waals surface area contributed by atoms with Gasteiger partial charge in [0.1, 0.15) is 0 Å². The van der Waals surface area contributed by atoms with Gasteiger partial charge in [0.2, 0.25) is 5.91 Å². The molecule has 0 aliphatic rings. The van der Waals surface area contributed by atoms with Gasteiger partial charge in [-0.2, -0.15) is 0 Å². The van der Waals surface area contributed by atoms with Gasteiger partial charge in [-0.05, 0) is 32.9 Å². The van der Waals surface area contributed by atoms with Crippen LogP contribution in [-0.2, 0) is 4.79 Å². The molecule has 6 heteroatoms. The van der Waals surface area contributed by atoms with E-state index in [1.165, 1.54) is 0 Å². The van der Waals surface area contributed by atoms with E-state index in [9.17, 15) is 9.59 Å². The molecule has 1 aromatic carbocycles. The van der Waals surface area contributed by atoms with Crippen molar-refractivity contribution in [2.24, 2.45) is 17.0 Å². The van der Waals surface area contributed by atoms with Crippen molar-refractivity contribution in [3.63, 3.8) is 0 Å². The lowest BCUT2D eigenvalue weighted by molar-refractivity contribution is -0.125. The Hall–Kier alpha value is -2.08. The van der Waals surface area contributed by atoms with E-state index in [0.717, 1.165) is 5.56 Å². The highest BCUT2D eigenvalue weighted by atomic mass is 16.2. The Balaban J connectivity index is 2.84. The van der Waals surface area contributed by atoms with Crippen LogP contribution in [0.1, 0.15) is 29.8 Å². The SMILES string of the molecule is Cc1ccc(NN)c(C(=O)NCC(C)(C)C(N)=O)c1. The average molecular weight is 264 g/mol. The van der Waals surface area contributed by atoms with Crippen LogP contribution < -0.4 is 22.3 Å². The molecule has 0 saturated heterocycles. The van der Waals surface area contributed by atoms with Gasteiger partial charge in [0, 0.05) is 6.54 Å². The molecule has 0 unspecified atom stereocenters. The lowest BCUT2D eigenvalue weighted by Crippen LogP contribution is -2.42. The molecule has 0 atom stereocenters. The summed E-state index contributed by atoms with van der Waals surface area (Å²) in [5.74, 6) is 4.60. The van der Waals surface area contributed by atoms with Gasteiger partial charge in [-0.25, -0.2) is 0 Å². The third-order valence-electron chi connectivity index (χ3n) is 2.93. The Kier molecular flexibility index (Phi) is 4.50. The van der Waals surface area contributed by atoms with Crippen molar-refractivity contribution in [3.8, 4) is 0 Å². The minimum atomic E-state index is -0.796. The number of hydrazine groups is 1. The molecule has 1 rings (SSSR count). The van der Waals surface area contributed by atoms with Crippen LogP contribution in [0.5, 0.6) is 0 Å². The number of hydrogen-bond donors (Lipinski definition) is 4. The normalized spacial score (nSPS) is 10.9. The average Bonchev–Trinajstić information content (AvgIpc) is 2.35. The zero-order valence-electron chi connectivity index (χ0n) is 11.4. The molecule has 0 fully saturated rings. The predicted octanol–water partition coefficient (Wildman–Crippen LogP) is 0.522. The summed E-state index contributed by atoms with van der Waals surface area (Å²) < 4.78 is 0.